The highest BCUT2D eigenvalue weighted by atomic mass is 16.2. The fraction of sp³-hybridized carbons (Fsp3) is 0.467. The van der Waals surface area contributed by atoms with E-state index in [9.17, 15) is 9.59 Å². The Morgan fingerprint density at radius 1 is 1.39 bits per heavy atom. The minimum absolute atomic E-state index is 0.0348. The molecule has 3 N–H and O–H groups in total. The Bertz CT molecular complexity index is 728. The highest BCUT2D eigenvalue weighted by molar-refractivity contribution is 5.89. The zero-order valence-electron chi connectivity index (χ0n) is 13.2. The predicted octanol–water partition coefficient (Wildman–Crippen LogP) is 1.34. The van der Waals surface area contributed by atoms with E-state index in [-0.39, 0.29) is 18.0 Å². The van der Waals surface area contributed by atoms with Crippen LogP contribution in [0.3, 0.4) is 0 Å². The summed E-state index contributed by atoms with van der Waals surface area (Å²) in [7, 11) is 0. The number of hydrogen-bond acceptors (Lipinski definition) is 4. The van der Waals surface area contributed by atoms with Crippen LogP contribution in [0.5, 0.6) is 0 Å². The van der Waals surface area contributed by atoms with E-state index in [1.165, 1.54) is 6.20 Å². The van der Waals surface area contributed by atoms with Gasteiger partial charge in [-0.25, -0.2) is 14.8 Å². The van der Waals surface area contributed by atoms with Gasteiger partial charge in [-0.3, -0.25) is 10.1 Å². The monoisotopic (exact) mass is 316 g/mol. The van der Waals surface area contributed by atoms with Crippen molar-refractivity contribution in [2.75, 3.05) is 18.4 Å². The number of aromatic nitrogens is 3. The summed E-state index contributed by atoms with van der Waals surface area (Å²) in [6.07, 6.45) is 4.10. The molecule has 1 fully saturated rings. The lowest BCUT2D eigenvalue weighted by molar-refractivity contribution is -0.130. The molecule has 3 rings (SSSR count). The number of aromatic amines is 1. The van der Waals surface area contributed by atoms with Gasteiger partial charge in [0.1, 0.15) is 5.52 Å². The molecule has 1 saturated heterocycles. The molecule has 3 amide bonds. The molecule has 1 aliphatic rings. The van der Waals surface area contributed by atoms with Crippen LogP contribution in [0.15, 0.2) is 18.5 Å². The maximum absolute atomic E-state index is 12.1. The molecule has 3 heterocycles. The van der Waals surface area contributed by atoms with Crippen molar-refractivity contribution in [3.05, 3.63) is 18.5 Å². The third-order valence-electron chi connectivity index (χ3n) is 3.94. The van der Waals surface area contributed by atoms with Crippen LogP contribution < -0.4 is 10.6 Å². The highest BCUT2D eigenvalue weighted by Crippen LogP contribution is 2.17. The van der Waals surface area contributed by atoms with Crippen LogP contribution in [0.25, 0.3) is 11.2 Å². The van der Waals surface area contributed by atoms with Crippen LogP contribution in [0.1, 0.15) is 20.3 Å². The van der Waals surface area contributed by atoms with Gasteiger partial charge in [0.25, 0.3) is 0 Å². The number of rotatable bonds is 2. The number of nitrogens with one attached hydrogen (secondary N) is 3. The molecule has 0 bridgehead atoms. The Kier molecular flexibility index (Phi) is 4.14. The molecule has 2 aromatic heterocycles. The van der Waals surface area contributed by atoms with E-state index in [0.29, 0.717) is 29.4 Å². The van der Waals surface area contributed by atoms with Crippen molar-refractivity contribution < 1.29 is 9.59 Å². The van der Waals surface area contributed by atoms with Crippen molar-refractivity contribution in [3.63, 3.8) is 0 Å². The molecule has 2 atom stereocenters. The van der Waals surface area contributed by atoms with Crippen LogP contribution in [0.4, 0.5) is 10.6 Å². The molecule has 23 heavy (non-hydrogen) atoms. The summed E-state index contributed by atoms with van der Waals surface area (Å²) in [6.45, 7) is 4.91. The van der Waals surface area contributed by atoms with Gasteiger partial charge in [-0.05, 0) is 18.4 Å². The lowest BCUT2D eigenvalue weighted by Crippen LogP contribution is -2.52. The van der Waals surface area contributed by atoms with E-state index in [0.717, 1.165) is 13.0 Å². The van der Waals surface area contributed by atoms with Gasteiger partial charge in [-0.1, -0.05) is 6.92 Å². The minimum Gasteiger partial charge on any atom is -0.345 e. The SMILES string of the molecule is CC(=O)N1C[C@H](C)C[C@@H](NC(=O)Nc2cnc3[nH]ccc3n2)C1. The normalized spacial score (nSPS) is 21.2. The van der Waals surface area contributed by atoms with E-state index < -0.39 is 0 Å². The van der Waals surface area contributed by atoms with E-state index >= 15 is 0 Å². The number of urea groups is 1. The average molecular weight is 316 g/mol. The number of hydrogen-bond donors (Lipinski definition) is 3. The van der Waals surface area contributed by atoms with Gasteiger partial charge in [0.15, 0.2) is 11.5 Å². The lowest BCUT2D eigenvalue weighted by atomic mass is 9.96. The average Bonchev–Trinajstić information content (AvgIpc) is 2.93. The van der Waals surface area contributed by atoms with Crippen LogP contribution in [0, 0.1) is 5.92 Å². The van der Waals surface area contributed by atoms with Crippen LogP contribution in [0.2, 0.25) is 0 Å². The quantitative estimate of drug-likeness (QED) is 0.777. The molecular formula is C15H20N6O2. The molecule has 1 aliphatic heterocycles. The molecule has 0 spiro atoms. The third-order valence-corrected chi connectivity index (χ3v) is 3.94. The molecule has 0 saturated carbocycles. The van der Waals surface area contributed by atoms with Gasteiger partial charge in [0.2, 0.25) is 5.91 Å². The zero-order chi connectivity index (χ0) is 16.4. The largest absolute Gasteiger partial charge is 0.345 e. The number of H-pyrrole nitrogens is 1. The fourth-order valence-electron chi connectivity index (χ4n) is 2.94. The van der Waals surface area contributed by atoms with Gasteiger partial charge in [-0.15, -0.1) is 0 Å². The van der Waals surface area contributed by atoms with Crippen molar-refractivity contribution in [2.24, 2.45) is 5.92 Å². The molecule has 0 aromatic carbocycles. The third kappa shape index (κ3) is 3.58. The highest BCUT2D eigenvalue weighted by Gasteiger charge is 2.27. The minimum atomic E-state index is -0.336. The molecular weight excluding hydrogens is 296 g/mol. The first-order chi connectivity index (χ1) is 11.0. The molecule has 8 nitrogen and oxygen atoms in total. The lowest BCUT2D eigenvalue weighted by Gasteiger charge is -2.36. The first kappa shape index (κ1) is 15.3. The number of carbonyl (C=O) groups excluding carboxylic acids is 2. The first-order valence-electron chi connectivity index (χ1n) is 7.64. The predicted molar refractivity (Wildman–Crippen MR) is 85.9 cm³/mol. The van der Waals surface area contributed by atoms with Crippen LogP contribution in [-0.4, -0.2) is 50.9 Å². The second-order valence-corrected chi connectivity index (χ2v) is 6.03. The standard InChI is InChI=1S/C15H20N6O2/c1-9-5-11(8-21(7-9)10(2)22)18-15(23)20-13-6-17-14-12(19-13)3-4-16-14/h3-4,6,9,11H,5,7-8H2,1-2H3,(H,16,17)(H2,18,19,20,23)/t9-,11-/m1/s1. The van der Waals surface area contributed by atoms with Crippen LogP contribution in [-0.2, 0) is 4.79 Å². The number of piperidine rings is 1. The molecule has 0 radical (unpaired) electrons. The molecule has 2 aromatic rings. The topological polar surface area (TPSA) is 103 Å². The number of fused-ring (bicyclic) bond motifs is 1. The Balaban J connectivity index is 1.61. The Hall–Kier alpha value is -2.64. The Morgan fingerprint density at radius 3 is 3.00 bits per heavy atom. The van der Waals surface area contributed by atoms with E-state index in [1.54, 1.807) is 24.1 Å². The van der Waals surface area contributed by atoms with Gasteiger partial charge in [-0.2, -0.15) is 0 Å². The molecule has 0 unspecified atom stereocenters. The zero-order valence-corrected chi connectivity index (χ0v) is 13.2. The van der Waals surface area contributed by atoms with Gasteiger partial charge in [0.05, 0.1) is 6.20 Å². The van der Waals surface area contributed by atoms with Crippen molar-refractivity contribution in [1.82, 2.24) is 25.2 Å². The summed E-state index contributed by atoms with van der Waals surface area (Å²) in [5, 5.41) is 5.59. The van der Waals surface area contributed by atoms with Gasteiger partial charge >= 0.3 is 6.03 Å². The summed E-state index contributed by atoms with van der Waals surface area (Å²) < 4.78 is 0. The fourth-order valence-corrected chi connectivity index (χ4v) is 2.94. The van der Waals surface area contributed by atoms with Crippen molar-refractivity contribution in [2.45, 2.75) is 26.3 Å². The number of anilines is 1. The van der Waals surface area contributed by atoms with E-state index in [4.69, 9.17) is 0 Å². The van der Waals surface area contributed by atoms with Gasteiger partial charge in [0, 0.05) is 32.3 Å². The Morgan fingerprint density at radius 2 is 2.22 bits per heavy atom. The number of carbonyl (C=O) groups is 2. The van der Waals surface area contributed by atoms with Crippen molar-refractivity contribution in [1.29, 1.82) is 0 Å². The molecule has 0 aliphatic carbocycles. The second kappa shape index (κ2) is 6.23. The Labute approximate surface area is 133 Å². The first-order valence-corrected chi connectivity index (χ1v) is 7.64. The molecule has 8 heteroatoms. The van der Waals surface area contributed by atoms with E-state index in [1.807, 2.05) is 0 Å². The van der Waals surface area contributed by atoms with Crippen molar-refractivity contribution >= 4 is 28.9 Å². The van der Waals surface area contributed by atoms with Crippen molar-refractivity contribution in [3.8, 4) is 0 Å². The summed E-state index contributed by atoms with van der Waals surface area (Å²) in [4.78, 5) is 36.9. The van der Waals surface area contributed by atoms with Crippen LogP contribution >= 0.6 is 0 Å². The maximum Gasteiger partial charge on any atom is 0.320 e. The second-order valence-electron chi connectivity index (χ2n) is 6.03. The van der Waals surface area contributed by atoms with E-state index in [2.05, 4.69) is 32.5 Å². The summed E-state index contributed by atoms with van der Waals surface area (Å²) in [5.41, 5.74) is 1.37. The number of amides is 3. The number of likely N-dealkylation sites (tertiary alicyclic amines) is 1. The summed E-state index contributed by atoms with van der Waals surface area (Å²) >= 11 is 0. The number of nitrogens with zero attached hydrogens (tertiary/aromatic N) is 3. The summed E-state index contributed by atoms with van der Waals surface area (Å²) in [6, 6.07) is 1.39. The maximum atomic E-state index is 12.1. The van der Waals surface area contributed by atoms with Gasteiger partial charge < -0.3 is 15.2 Å². The molecule has 122 valence electrons. The summed E-state index contributed by atoms with van der Waals surface area (Å²) in [5.74, 6) is 0.781. The smallest absolute Gasteiger partial charge is 0.320 e.